The fourth-order valence-corrected chi connectivity index (χ4v) is 19.8. The average molecular weight is 1820 g/mol. The van der Waals surface area contributed by atoms with Crippen LogP contribution in [0.3, 0.4) is 0 Å². The maximum Gasteiger partial charge on any atom is 0.267 e. The molecular weight excluding hydrogens is 1710 g/mol. The number of aromatic nitrogens is 4. The van der Waals surface area contributed by atoms with Crippen molar-refractivity contribution in [2.75, 3.05) is 40.2 Å². The van der Waals surface area contributed by atoms with Crippen molar-refractivity contribution in [3.05, 3.63) is 226 Å². The van der Waals surface area contributed by atoms with Crippen LogP contribution in [-0.2, 0) is 40.1 Å². The van der Waals surface area contributed by atoms with Gasteiger partial charge in [0.2, 0.25) is 23.5 Å². The predicted molar refractivity (Wildman–Crippen MR) is 460 cm³/mol. The molecule has 8 aromatic heterocycles. The summed E-state index contributed by atoms with van der Waals surface area (Å²) in [7, 11) is -18.3. The second-order valence-electron chi connectivity index (χ2n) is 24.9. The summed E-state index contributed by atoms with van der Waals surface area (Å²) in [4.78, 5) is 99.6. The Balaban J connectivity index is 0.000000229. The maximum absolute atomic E-state index is 13.5. The number of anilines is 8. The smallest absolute Gasteiger partial charge is 0.267 e. The van der Waals surface area contributed by atoms with E-state index < -0.39 is 244 Å². The summed E-state index contributed by atoms with van der Waals surface area (Å²) in [5.74, 6) is -12.2. The van der Waals surface area contributed by atoms with Gasteiger partial charge in [0.15, 0.2) is 23.1 Å². The van der Waals surface area contributed by atoms with Crippen LogP contribution in [0.25, 0.3) is 0 Å². The second kappa shape index (κ2) is 37.2. The van der Waals surface area contributed by atoms with Gasteiger partial charge in [-0.3, -0.25) is 38.4 Å². The third kappa shape index (κ3) is 21.0. The Labute approximate surface area is 755 Å². The van der Waals surface area contributed by atoms with Crippen LogP contribution in [-0.4, -0.2) is 101 Å². The number of sulfonamides is 4. The molecule has 0 radical (unpaired) electrons. The molecular formula is C80H84N12O20S8. The number of carbonyl (C=O) groups is 8. The number of ketones is 4. The number of amides is 4. The molecule has 0 aliphatic carbocycles. The van der Waals surface area contributed by atoms with Crippen molar-refractivity contribution in [1.29, 1.82) is 0 Å². The monoisotopic (exact) mass is 1820 g/mol. The van der Waals surface area contributed by atoms with Crippen LogP contribution in [0.2, 0.25) is 0 Å². The van der Waals surface area contributed by atoms with Gasteiger partial charge in [0.05, 0.1) is 51.0 Å². The highest BCUT2D eigenvalue weighted by atomic mass is 32.2. The number of nitrogens with one attached hydrogen (secondary N) is 8. The molecule has 0 bridgehead atoms. The summed E-state index contributed by atoms with van der Waals surface area (Å²) >= 11 is 2.74. The van der Waals surface area contributed by atoms with Crippen LogP contribution in [0.1, 0.15) is 244 Å². The lowest BCUT2D eigenvalue weighted by molar-refractivity contribution is 0.100. The Hall–Kier alpha value is -11.9. The second-order valence-corrected chi connectivity index (χ2v) is 35.1. The number of Topliss-reactive ketones (excluding diaryl/α,β-unsaturated/α-hetero) is 4. The van der Waals surface area contributed by atoms with Crippen molar-refractivity contribution < 1.29 is 137 Å². The summed E-state index contributed by atoms with van der Waals surface area (Å²) in [6.07, 6.45) is 0. The number of aryl methyl sites for hydroxylation is 9. The molecule has 0 unspecified atom stereocenters. The molecule has 8 N–H and O–H groups in total. The molecule has 4 aromatic carbocycles. The first kappa shape index (κ1) is 55.0. The van der Waals surface area contributed by atoms with Gasteiger partial charge >= 0.3 is 0 Å². The van der Waals surface area contributed by atoms with Crippen LogP contribution in [0, 0.1) is 110 Å². The Morgan fingerprint density at radius 2 is 0.600 bits per heavy atom. The van der Waals surface area contributed by atoms with Crippen molar-refractivity contribution in [1.82, 2.24) is 20.6 Å². The largest absolute Gasteiger partial charge is 0.337 e. The minimum absolute atomic E-state index is 0.00856. The predicted octanol–water partition coefficient (Wildman–Crippen LogP) is 16.9. The Bertz CT molecular complexity index is 8070. The molecule has 12 aromatic rings. The molecule has 0 aliphatic heterocycles. The summed E-state index contributed by atoms with van der Waals surface area (Å²) in [5.41, 5.74) is -6.81. The molecule has 12 rings (SSSR count). The van der Waals surface area contributed by atoms with Gasteiger partial charge in [0, 0.05) is 85.6 Å². The lowest BCUT2D eigenvalue weighted by atomic mass is 10.0. The van der Waals surface area contributed by atoms with E-state index in [1.165, 1.54) is 88.9 Å². The van der Waals surface area contributed by atoms with Crippen molar-refractivity contribution >= 4 is 178 Å². The minimum atomic E-state index is -5.02. The first-order chi connectivity index (χ1) is 69.9. The van der Waals surface area contributed by atoms with Gasteiger partial charge in [-0.05, 0) is 252 Å². The number of hydrogen-bond donors (Lipinski definition) is 8. The number of thiophene rings is 4. The quantitative estimate of drug-likeness (QED) is 0.0260. The fourth-order valence-electron chi connectivity index (χ4n) is 10.4. The van der Waals surface area contributed by atoms with E-state index in [-0.39, 0.29) is 105 Å². The molecule has 0 spiro atoms. The van der Waals surface area contributed by atoms with Crippen LogP contribution in [0.15, 0.2) is 132 Å². The van der Waals surface area contributed by atoms with E-state index in [2.05, 4.69) is 50.5 Å². The summed E-state index contributed by atoms with van der Waals surface area (Å²) in [6.45, 7) is -16.1. The minimum Gasteiger partial charge on any atom is -0.337 e. The molecule has 0 atom stereocenters. The standard InChI is InChI=1S/4C20H21N3O5S2/c4*1-10-8-11(2)17(15(9-10)14(5)24)21-19(25)18-16(6-7-29-18)30(26,27)23-20-12(3)13(4)22-28-20/h4*6-9,23H,1-5H3,(H,21,25)/i1D3,2D3,3D3,4D3,5D3,9D;4D3,5D3,8D;3D3,5D3,8D;5D3,8D. The van der Waals surface area contributed by atoms with E-state index in [1.54, 1.807) is 25.5 Å². The topological polar surface area (TPSA) is 473 Å². The van der Waals surface area contributed by atoms with E-state index in [9.17, 15) is 72.0 Å². The van der Waals surface area contributed by atoms with Gasteiger partial charge in [0.25, 0.3) is 63.7 Å². The third-order valence-electron chi connectivity index (χ3n) is 16.2. The zero-order chi connectivity index (χ0) is 117. The van der Waals surface area contributed by atoms with Crippen molar-refractivity contribution in [2.24, 2.45) is 0 Å². The first-order valence-electron chi connectivity index (χ1n) is 50.1. The van der Waals surface area contributed by atoms with Gasteiger partial charge in [-0.15, -0.1) is 45.3 Å². The van der Waals surface area contributed by atoms with Crippen molar-refractivity contribution in [2.45, 2.75) is 157 Å². The highest BCUT2D eigenvalue weighted by Gasteiger charge is 2.33. The molecule has 632 valence electrons. The summed E-state index contributed by atoms with van der Waals surface area (Å²) < 4.78 is 392. The average Bonchev–Trinajstić information content (AvgIpc) is 1.51. The van der Waals surface area contributed by atoms with Gasteiger partial charge in [-0.1, -0.05) is 44.8 Å². The van der Waals surface area contributed by atoms with Crippen LogP contribution >= 0.6 is 45.3 Å². The zero-order valence-electron chi connectivity index (χ0n) is 97.1. The number of hydrogen-bond acceptors (Lipinski definition) is 28. The molecule has 0 saturated carbocycles. The van der Waals surface area contributed by atoms with Gasteiger partial charge in [-0.2, -0.15) is 0 Å². The number of rotatable bonds is 24. The van der Waals surface area contributed by atoms with Crippen LogP contribution in [0.4, 0.5) is 46.3 Å². The van der Waals surface area contributed by atoms with E-state index in [1.807, 2.05) is 10.0 Å². The normalized spacial score (nSPS) is 16.6. The van der Waals surface area contributed by atoms with E-state index >= 15 is 0 Å². The molecule has 120 heavy (non-hydrogen) atoms. The first-order valence-corrected chi connectivity index (χ1v) is 42.5. The lowest BCUT2D eigenvalue weighted by Gasteiger charge is -2.14. The lowest BCUT2D eigenvalue weighted by Crippen LogP contribution is -2.20. The highest BCUT2D eigenvalue weighted by Crippen LogP contribution is 2.36. The van der Waals surface area contributed by atoms with E-state index in [4.69, 9.17) is 60.2 Å². The third-order valence-corrected chi connectivity index (χ3v) is 25.9. The molecule has 0 fully saturated rings. The number of nitrogens with zero attached hydrogens (tertiary/aromatic N) is 4. The fraction of sp³-hybridized carbons (Fsp3) is 0.250. The van der Waals surface area contributed by atoms with E-state index in [0.717, 1.165) is 57.6 Å². The Morgan fingerprint density at radius 1 is 0.325 bits per heavy atom. The molecule has 8 heterocycles. The van der Waals surface area contributed by atoms with Gasteiger partial charge in [-0.25, -0.2) is 52.6 Å². The Kier molecular flexibility index (Phi) is 17.0. The van der Waals surface area contributed by atoms with Gasteiger partial charge < -0.3 is 39.4 Å². The van der Waals surface area contributed by atoms with Crippen LogP contribution < -0.4 is 40.2 Å². The molecule has 0 aliphatic rings. The Morgan fingerprint density at radius 3 is 0.883 bits per heavy atom. The van der Waals surface area contributed by atoms with Crippen LogP contribution in [0.5, 0.6) is 0 Å². The number of carbonyl (C=O) groups excluding carboxylic acids is 8. The number of benzene rings is 4. The highest BCUT2D eigenvalue weighted by molar-refractivity contribution is 7.94. The van der Waals surface area contributed by atoms with Gasteiger partial charge in [0.1, 0.15) is 39.1 Å². The SMILES string of the molecule is [2H]c1c(C([2H])([2H])[2H])cc(C([2H])([2H])[2H])c(NC(=O)c2sccc2S(=O)(=O)Nc2onc(C([2H])([2H])[2H])c2C([2H])([2H])[2H])c1C(=O)C([2H])([2H])[2H].[2H]c1c(C)cc(C(=O)C([2H])([2H])[2H])c(NC(=O)c2sccc2S(=O)(=O)Nc2onc(C([2H])([2H])[2H])c2C)c1C.[2H]c1c(C)cc(C(=O)C([2H])([2H])[2H])c(NC(=O)c2sccc2S(=O)(=O)Nc2onc(C)c2C([2H])([2H])[2H])c1C.[2H]c1c(C)cc(C(=O)C([2H])([2H])[2H])c(NC(=O)c2sccc2S(=O)(=O)Nc2onc(C)c2C)c1C. The van der Waals surface area contributed by atoms with Crippen molar-refractivity contribution in [3.8, 4) is 0 Å². The molecule has 32 nitrogen and oxygen atoms in total. The molecule has 40 heteroatoms. The summed E-state index contributed by atoms with van der Waals surface area (Å²) in [6, 6.07) is 7.06. The van der Waals surface area contributed by atoms with E-state index in [0.29, 0.717) is 45.4 Å². The maximum atomic E-state index is 13.5. The zero-order valence-corrected chi connectivity index (χ0v) is 69.7. The molecule has 4 amide bonds. The summed E-state index contributed by atoms with van der Waals surface area (Å²) in [5, 5.41) is 28.0. The molecule has 0 saturated heterocycles. The van der Waals surface area contributed by atoms with Crippen molar-refractivity contribution in [3.63, 3.8) is 0 Å².